The molecule has 0 unspecified atom stereocenters. The smallest absolute Gasteiger partial charge is 0.411 e. The zero-order valence-electron chi connectivity index (χ0n) is 29.0. The number of carbonyl (C=O) groups excluding carboxylic acids is 4. The topological polar surface area (TPSA) is 162 Å². The largest absolute Gasteiger partial charge is 0.489 e. The monoisotopic (exact) mass is 684 g/mol. The molecule has 2 aromatic carbocycles. The summed E-state index contributed by atoms with van der Waals surface area (Å²) in [7, 11) is 1.60. The number of nitrogens with zero attached hydrogens (tertiary/aromatic N) is 4. The minimum absolute atomic E-state index is 0.0881. The van der Waals surface area contributed by atoms with Gasteiger partial charge in [-0.15, -0.1) is 0 Å². The van der Waals surface area contributed by atoms with Gasteiger partial charge in [0.05, 0.1) is 34.6 Å². The van der Waals surface area contributed by atoms with E-state index < -0.39 is 47.3 Å². The first-order valence-corrected chi connectivity index (χ1v) is 16.2. The number of anilines is 2. The Morgan fingerprint density at radius 3 is 2.36 bits per heavy atom. The lowest BCUT2D eigenvalue weighted by Crippen LogP contribution is -2.50. The summed E-state index contributed by atoms with van der Waals surface area (Å²) in [5.74, 6) is 0.0379. The third-order valence-corrected chi connectivity index (χ3v) is 7.96. The Hall–Kier alpha value is -5.66. The second kappa shape index (κ2) is 13.0. The van der Waals surface area contributed by atoms with Crippen molar-refractivity contribution in [1.82, 2.24) is 20.2 Å². The molecule has 262 valence electrons. The molecule has 0 bridgehead atoms. The first kappa shape index (κ1) is 34.2. The van der Waals surface area contributed by atoms with Crippen molar-refractivity contribution in [3.05, 3.63) is 60.4 Å². The van der Waals surface area contributed by atoms with Crippen molar-refractivity contribution in [2.75, 3.05) is 30.5 Å². The van der Waals surface area contributed by atoms with Crippen LogP contribution in [-0.2, 0) is 25.6 Å². The van der Waals surface area contributed by atoms with E-state index in [-0.39, 0.29) is 19.8 Å². The van der Waals surface area contributed by atoms with Gasteiger partial charge in [-0.25, -0.2) is 9.59 Å². The Balaban J connectivity index is 1.28. The van der Waals surface area contributed by atoms with Crippen molar-refractivity contribution in [3.63, 3.8) is 0 Å². The molecule has 4 heterocycles. The van der Waals surface area contributed by atoms with Crippen LogP contribution in [-0.4, -0.2) is 82.4 Å². The maximum atomic E-state index is 13.8. The van der Waals surface area contributed by atoms with Crippen LogP contribution in [0.1, 0.15) is 47.2 Å². The Morgan fingerprint density at radius 1 is 0.920 bits per heavy atom. The van der Waals surface area contributed by atoms with Crippen molar-refractivity contribution >= 4 is 57.2 Å². The second-order valence-corrected chi connectivity index (χ2v) is 14.1. The van der Waals surface area contributed by atoms with E-state index in [2.05, 4.69) is 15.6 Å². The molecule has 0 saturated carbocycles. The predicted octanol–water partition coefficient (Wildman–Crippen LogP) is 5.17. The van der Waals surface area contributed by atoms with Gasteiger partial charge in [-0.1, -0.05) is 0 Å². The van der Waals surface area contributed by atoms with Gasteiger partial charge in [-0.2, -0.15) is 0 Å². The molecule has 2 aromatic heterocycles. The lowest BCUT2D eigenvalue weighted by Gasteiger charge is -2.31. The van der Waals surface area contributed by atoms with Crippen molar-refractivity contribution in [2.45, 2.75) is 71.4 Å². The van der Waals surface area contributed by atoms with Crippen LogP contribution < -0.4 is 25.0 Å². The van der Waals surface area contributed by atoms with E-state index in [1.165, 1.54) is 9.80 Å². The molecule has 6 rings (SSSR count). The van der Waals surface area contributed by atoms with E-state index in [1.807, 2.05) is 6.07 Å². The standard InChI is InChI=1S/C36H40N6O8/c1-35(2,3)49-33(45)39-25-18-47-28-15-13-24-22(30(28)41(7)32(25)44)11-10-20(38-24)17-42(34(46)50-36(4,5)6)26-19-48-27-14-12-23-21(9-8-16-37-23)29(27)40-31(26)43/h8-16,25-26H,17-19H2,1-7H3,(H,39,45)(H,40,43)/t25-,26-/m0/s1. The molecule has 50 heavy (non-hydrogen) atoms. The minimum Gasteiger partial charge on any atom is -0.489 e. The predicted molar refractivity (Wildman–Crippen MR) is 185 cm³/mol. The number of hydrogen-bond donors (Lipinski definition) is 2. The number of aromatic nitrogens is 2. The summed E-state index contributed by atoms with van der Waals surface area (Å²) in [6.45, 7) is 10.1. The van der Waals surface area contributed by atoms with E-state index >= 15 is 0 Å². The normalized spacial score (nSPS) is 17.7. The molecule has 2 N–H and O–H groups in total. The molecule has 14 heteroatoms. The van der Waals surface area contributed by atoms with Crippen molar-refractivity contribution in [3.8, 4) is 11.5 Å². The van der Waals surface area contributed by atoms with Crippen LogP contribution in [0.3, 0.4) is 0 Å². The summed E-state index contributed by atoms with van der Waals surface area (Å²) < 4.78 is 23.1. The molecular weight excluding hydrogens is 644 g/mol. The van der Waals surface area contributed by atoms with E-state index in [4.69, 9.17) is 23.9 Å². The molecule has 14 nitrogen and oxygen atoms in total. The van der Waals surface area contributed by atoms with E-state index in [0.29, 0.717) is 50.4 Å². The zero-order valence-corrected chi connectivity index (χ0v) is 29.0. The molecule has 0 saturated heterocycles. The van der Waals surface area contributed by atoms with E-state index in [9.17, 15) is 19.2 Å². The maximum absolute atomic E-state index is 13.8. The molecule has 2 aliphatic heterocycles. The van der Waals surface area contributed by atoms with Gasteiger partial charge in [0.25, 0.3) is 11.8 Å². The van der Waals surface area contributed by atoms with Crippen LogP contribution in [0.25, 0.3) is 21.8 Å². The first-order valence-electron chi connectivity index (χ1n) is 16.2. The molecule has 4 amide bonds. The average Bonchev–Trinajstić information content (AvgIpc) is 3.27. The average molecular weight is 685 g/mol. The Labute approximate surface area is 289 Å². The third-order valence-electron chi connectivity index (χ3n) is 7.96. The van der Waals surface area contributed by atoms with Crippen LogP contribution in [0, 0.1) is 0 Å². The number of hydrogen-bond acceptors (Lipinski definition) is 10. The molecule has 4 aromatic rings. The number of likely N-dealkylation sites (N-methyl/N-ethyl adjacent to an activating group) is 1. The third kappa shape index (κ3) is 7.19. The summed E-state index contributed by atoms with van der Waals surface area (Å²) in [5, 5.41) is 6.86. The van der Waals surface area contributed by atoms with Gasteiger partial charge in [0.2, 0.25) is 0 Å². The summed E-state index contributed by atoms with van der Waals surface area (Å²) in [5.41, 5.74) is 1.02. The SMILES string of the molecule is CN1C(=O)[C@@H](NC(=O)OC(C)(C)C)COc2ccc3nc(CN(C(=O)OC(C)(C)C)[C@H]4COc5ccc6ncccc6c5NC4=O)ccc3c21. The second-order valence-electron chi connectivity index (χ2n) is 14.1. The molecule has 0 radical (unpaired) electrons. The highest BCUT2D eigenvalue weighted by atomic mass is 16.6. The highest BCUT2D eigenvalue weighted by Crippen LogP contribution is 2.38. The Kier molecular flexibility index (Phi) is 8.89. The molecule has 0 fully saturated rings. The molecule has 0 spiro atoms. The maximum Gasteiger partial charge on any atom is 0.411 e. The zero-order chi connectivity index (χ0) is 36.0. The van der Waals surface area contributed by atoms with Gasteiger partial charge in [0.15, 0.2) is 0 Å². The molecule has 0 aliphatic carbocycles. The number of fused-ring (bicyclic) bond motifs is 6. The lowest BCUT2D eigenvalue weighted by molar-refractivity contribution is -0.122. The van der Waals surface area contributed by atoms with Crippen molar-refractivity contribution in [1.29, 1.82) is 0 Å². The van der Waals surface area contributed by atoms with Crippen LogP contribution in [0.4, 0.5) is 21.0 Å². The number of pyridine rings is 2. The molecule has 2 aliphatic rings. The number of amides is 4. The van der Waals surface area contributed by atoms with Gasteiger partial charge in [-0.05, 0) is 90.1 Å². The van der Waals surface area contributed by atoms with Gasteiger partial charge in [0.1, 0.15) is 48.0 Å². The van der Waals surface area contributed by atoms with Crippen LogP contribution in [0.15, 0.2) is 54.7 Å². The van der Waals surface area contributed by atoms with Gasteiger partial charge in [-0.3, -0.25) is 24.5 Å². The van der Waals surface area contributed by atoms with Crippen LogP contribution in [0.2, 0.25) is 0 Å². The Bertz CT molecular complexity index is 2000. The molecular formula is C36H40N6O8. The summed E-state index contributed by atoms with van der Waals surface area (Å²) >= 11 is 0. The van der Waals surface area contributed by atoms with Crippen molar-refractivity contribution < 1.29 is 38.1 Å². The number of nitrogens with one attached hydrogen (secondary N) is 2. The van der Waals surface area contributed by atoms with E-state index in [1.54, 1.807) is 97.3 Å². The first-order chi connectivity index (χ1) is 23.6. The summed E-state index contributed by atoms with van der Waals surface area (Å²) in [6, 6.07) is 12.0. The minimum atomic E-state index is -1.07. The fraction of sp³-hybridized carbons (Fsp3) is 0.389. The highest BCUT2D eigenvalue weighted by Gasteiger charge is 2.37. The van der Waals surface area contributed by atoms with Crippen LogP contribution >= 0.6 is 0 Å². The van der Waals surface area contributed by atoms with Gasteiger partial charge < -0.3 is 34.5 Å². The summed E-state index contributed by atoms with van der Waals surface area (Å²) in [4.78, 5) is 65.3. The number of carbonyl (C=O) groups is 4. The van der Waals surface area contributed by atoms with Gasteiger partial charge >= 0.3 is 12.2 Å². The quantitative estimate of drug-likeness (QED) is 0.294. The fourth-order valence-corrected chi connectivity index (χ4v) is 5.76. The highest BCUT2D eigenvalue weighted by molar-refractivity contribution is 6.08. The summed E-state index contributed by atoms with van der Waals surface area (Å²) in [6.07, 6.45) is 0.217. The number of alkyl carbamates (subject to hydrolysis) is 1. The lowest BCUT2D eigenvalue weighted by atomic mass is 10.1. The number of ether oxygens (including phenoxy) is 4. The van der Waals surface area contributed by atoms with Crippen LogP contribution in [0.5, 0.6) is 11.5 Å². The molecule has 2 atom stereocenters. The van der Waals surface area contributed by atoms with Crippen molar-refractivity contribution in [2.24, 2.45) is 0 Å². The van der Waals surface area contributed by atoms with E-state index in [0.717, 1.165) is 0 Å². The Morgan fingerprint density at radius 2 is 1.62 bits per heavy atom. The number of rotatable bonds is 4. The number of benzene rings is 2. The van der Waals surface area contributed by atoms with Gasteiger partial charge in [0, 0.05) is 24.0 Å². The fourth-order valence-electron chi connectivity index (χ4n) is 5.76.